The number of nitrogens with zero attached hydrogens (tertiary/aromatic N) is 4. The maximum atomic E-state index is 13.6. The third kappa shape index (κ3) is 4.14. The highest BCUT2D eigenvalue weighted by Crippen LogP contribution is 2.33. The lowest BCUT2D eigenvalue weighted by Gasteiger charge is -2.37. The highest BCUT2D eigenvalue weighted by atomic mass is 16.5. The molecule has 0 N–H and O–H groups in total. The zero-order chi connectivity index (χ0) is 23.5. The van der Waals surface area contributed by atoms with E-state index in [1.807, 2.05) is 54.6 Å². The van der Waals surface area contributed by atoms with Gasteiger partial charge in [-0.1, -0.05) is 42.5 Å². The maximum Gasteiger partial charge on any atom is 0.289 e. The number of para-hydroxylation sites is 2. The van der Waals surface area contributed by atoms with Crippen molar-refractivity contribution in [1.82, 2.24) is 9.80 Å². The maximum absolute atomic E-state index is 13.6. The third-order valence-corrected chi connectivity index (χ3v) is 6.16. The van der Waals surface area contributed by atoms with Gasteiger partial charge < -0.3 is 19.0 Å². The standard InChI is InChI=1S/C26H26N4O4/c1-33-22-11-6-5-10-21(22)30-24(31)20(18-19-8-3-2-4-9-19)27-26(30)29-15-13-28(14-16-29)25(32)23-12-7-17-34-23/h2-12,17,20H,13-16,18H2,1H3. The minimum absolute atomic E-state index is 0.0857. The summed E-state index contributed by atoms with van der Waals surface area (Å²) in [5.74, 6) is 1.33. The Balaban J connectivity index is 1.40. The Labute approximate surface area is 198 Å². The molecule has 1 atom stereocenters. The molecule has 34 heavy (non-hydrogen) atoms. The molecule has 1 aromatic heterocycles. The molecule has 1 saturated heterocycles. The van der Waals surface area contributed by atoms with Gasteiger partial charge in [0.25, 0.3) is 11.8 Å². The van der Waals surface area contributed by atoms with Crippen molar-refractivity contribution in [2.24, 2.45) is 4.99 Å². The van der Waals surface area contributed by atoms with E-state index in [2.05, 4.69) is 4.90 Å². The molecular weight excluding hydrogens is 432 g/mol. The number of benzene rings is 2. The predicted octanol–water partition coefficient (Wildman–Crippen LogP) is 3.06. The van der Waals surface area contributed by atoms with Crippen molar-refractivity contribution in [1.29, 1.82) is 0 Å². The van der Waals surface area contributed by atoms with Crippen LogP contribution < -0.4 is 9.64 Å². The fourth-order valence-corrected chi connectivity index (χ4v) is 4.40. The first-order valence-corrected chi connectivity index (χ1v) is 11.3. The molecule has 1 fully saturated rings. The quantitative estimate of drug-likeness (QED) is 0.587. The lowest BCUT2D eigenvalue weighted by atomic mass is 10.1. The summed E-state index contributed by atoms with van der Waals surface area (Å²) < 4.78 is 10.8. The molecule has 0 aliphatic carbocycles. The first-order chi connectivity index (χ1) is 16.7. The van der Waals surface area contributed by atoms with Crippen molar-refractivity contribution < 1.29 is 18.7 Å². The number of hydrogen-bond donors (Lipinski definition) is 0. The number of piperazine rings is 1. The smallest absolute Gasteiger partial charge is 0.289 e. The van der Waals surface area contributed by atoms with Gasteiger partial charge in [0.15, 0.2) is 5.76 Å². The number of ether oxygens (including phenoxy) is 1. The van der Waals surface area contributed by atoms with Gasteiger partial charge in [0.05, 0.1) is 19.1 Å². The zero-order valence-corrected chi connectivity index (χ0v) is 19.0. The Kier molecular flexibility index (Phi) is 6.03. The van der Waals surface area contributed by atoms with Crippen molar-refractivity contribution in [3.05, 3.63) is 84.3 Å². The molecule has 3 aromatic rings. The largest absolute Gasteiger partial charge is 0.495 e. The first-order valence-electron chi connectivity index (χ1n) is 11.3. The van der Waals surface area contributed by atoms with Crippen molar-refractivity contribution in [2.75, 3.05) is 38.2 Å². The summed E-state index contributed by atoms with van der Waals surface area (Å²) in [6.45, 7) is 2.14. The lowest BCUT2D eigenvalue weighted by molar-refractivity contribution is -0.118. The summed E-state index contributed by atoms with van der Waals surface area (Å²) in [6, 6.07) is 20.2. The van der Waals surface area contributed by atoms with Gasteiger partial charge in [0, 0.05) is 32.6 Å². The SMILES string of the molecule is COc1ccccc1N1C(=O)C(Cc2ccccc2)N=C1N1CCN(C(=O)c2ccco2)CC1. The lowest BCUT2D eigenvalue weighted by Crippen LogP contribution is -2.54. The summed E-state index contributed by atoms with van der Waals surface area (Å²) in [6.07, 6.45) is 2.02. The Morgan fingerprint density at radius 2 is 1.74 bits per heavy atom. The molecule has 2 aliphatic rings. The van der Waals surface area contributed by atoms with E-state index in [0.717, 1.165) is 5.56 Å². The van der Waals surface area contributed by atoms with Crippen LogP contribution in [0.5, 0.6) is 5.75 Å². The predicted molar refractivity (Wildman–Crippen MR) is 128 cm³/mol. The highest BCUT2D eigenvalue weighted by Gasteiger charge is 2.40. The average molecular weight is 459 g/mol. The van der Waals surface area contributed by atoms with Gasteiger partial charge in [-0.3, -0.25) is 9.59 Å². The Morgan fingerprint density at radius 3 is 2.44 bits per heavy atom. The molecule has 0 bridgehead atoms. The van der Waals surface area contributed by atoms with Gasteiger partial charge in [-0.25, -0.2) is 9.89 Å². The number of amides is 2. The fourth-order valence-electron chi connectivity index (χ4n) is 4.40. The second kappa shape index (κ2) is 9.43. The van der Waals surface area contributed by atoms with Gasteiger partial charge in [-0.15, -0.1) is 0 Å². The number of rotatable bonds is 5. The highest BCUT2D eigenvalue weighted by molar-refractivity contribution is 6.22. The number of anilines is 1. The van der Waals surface area contributed by atoms with Crippen LogP contribution in [0.2, 0.25) is 0 Å². The van der Waals surface area contributed by atoms with Crippen LogP contribution in [0.25, 0.3) is 0 Å². The number of aliphatic imine (C=N–C) groups is 1. The summed E-state index contributed by atoms with van der Waals surface area (Å²) in [5.41, 5.74) is 1.72. The molecule has 8 heteroatoms. The van der Waals surface area contributed by atoms with Crippen molar-refractivity contribution in [3.63, 3.8) is 0 Å². The van der Waals surface area contributed by atoms with E-state index < -0.39 is 6.04 Å². The summed E-state index contributed by atoms with van der Waals surface area (Å²) in [7, 11) is 1.59. The number of methoxy groups -OCH3 is 1. The van der Waals surface area contributed by atoms with Gasteiger partial charge >= 0.3 is 0 Å². The summed E-state index contributed by atoms with van der Waals surface area (Å²) >= 11 is 0. The van der Waals surface area contributed by atoms with Crippen LogP contribution in [0.3, 0.4) is 0 Å². The van der Waals surface area contributed by atoms with Gasteiger partial charge in [-0.2, -0.15) is 0 Å². The van der Waals surface area contributed by atoms with Gasteiger partial charge in [0.2, 0.25) is 5.96 Å². The van der Waals surface area contributed by atoms with Crippen LogP contribution in [0.15, 0.2) is 82.4 Å². The normalized spacial score (nSPS) is 18.3. The van der Waals surface area contributed by atoms with Crippen LogP contribution in [-0.4, -0.2) is 66.9 Å². The molecule has 8 nitrogen and oxygen atoms in total. The van der Waals surface area contributed by atoms with Crippen LogP contribution >= 0.6 is 0 Å². The number of hydrogen-bond acceptors (Lipinski definition) is 6. The van der Waals surface area contributed by atoms with E-state index >= 15 is 0 Å². The molecule has 174 valence electrons. The van der Waals surface area contributed by atoms with E-state index in [-0.39, 0.29) is 11.8 Å². The first kappa shape index (κ1) is 21.8. The summed E-state index contributed by atoms with van der Waals surface area (Å²) in [5, 5.41) is 0. The molecule has 1 unspecified atom stereocenters. The number of furan rings is 1. The van der Waals surface area contributed by atoms with Crippen LogP contribution in [0.1, 0.15) is 16.1 Å². The minimum atomic E-state index is -0.523. The fraction of sp³-hybridized carbons (Fsp3) is 0.269. The van der Waals surface area contributed by atoms with Crippen LogP contribution in [-0.2, 0) is 11.2 Å². The zero-order valence-electron chi connectivity index (χ0n) is 19.0. The molecule has 2 aliphatic heterocycles. The van der Waals surface area contributed by atoms with Crippen molar-refractivity contribution in [2.45, 2.75) is 12.5 Å². The molecule has 0 saturated carbocycles. The minimum Gasteiger partial charge on any atom is -0.495 e. The second-order valence-corrected chi connectivity index (χ2v) is 8.24. The molecule has 2 aromatic carbocycles. The van der Waals surface area contributed by atoms with E-state index in [1.165, 1.54) is 6.26 Å². The molecule has 0 radical (unpaired) electrons. The monoisotopic (exact) mass is 458 g/mol. The van der Waals surface area contributed by atoms with Gasteiger partial charge in [0.1, 0.15) is 11.8 Å². The Bertz CT molecular complexity index is 1180. The molecular formula is C26H26N4O4. The van der Waals surface area contributed by atoms with E-state index in [4.69, 9.17) is 14.1 Å². The second-order valence-electron chi connectivity index (χ2n) is 8.24. The number of carbonyl (C=O) groups excluding carboxylic acids is 2. The Hall–Kier alpha value is -4.07. The van der Waals surface area contributed by atoms with E-state index in [1.54, 1.807) is 29.0 Å². The van der Waals surface area contributed by atoms with Gasteiger partial charge in [-0.05, 0) is 29.8 Å². The summed E-state index contributed by atoms with van der Waals surface area (Å²) in [4.78, 5) is 36.7. The van der Waals surface area contributed by atoms with Crippen molar-refractivity contribution in [3.8, 4) is 5.75 Å². The molecule has 5 rings (SSSR count). The Morgan fingerprint density at radius 1 is 1.00 bits per heavy atom. The van der Waals surface area contributed by atoms with Crippen molar-refractivity contribution >= 4 is 23.5 Å². The van der Waals surface area contributed by atoms with E-state index in [9.17, 15) is 9.59 Å². The van der Waals surface area contributed by atoms with Crippen LogP contribution in [0.4, 0.5) is 5.69 Å². The molecule has 2 amide bonds. The third-order valence-electron chi connectivity index (χ3n) is 6.16. The van der Waals surface area contributed by atoms with E-state index in [0.29, 0.717) is 55.8 Å². The molecule has 3 heterocycles. The number of carbonyl (C=O) groups is 2. The van der Waals surface area contributed by atoms with Crippen LogP contribution in [0, 0.1) is 0 Å². The number of guanidine groups is 1. The average Bonchev–Trinajstić information content (AvgIpc) is 3.53. The molecule has 0 spiro atoms. The topological polar surface area (TPSA) is 78.6 Å².